The first-order valence-electron chi connectivity index (χ1n) is 22.5. The van der Waals surface area contributed by atoms with Crippen molar-refractivity contribution in [3.8, 4) is 0 Å². The lowest BCUT2D eigenvalue weighted by atomic mass is 10.0. The summed E-state index contributed by atoms with van der Waals surface area (Å²) in [5, 5.41) is 11.9. The van der Waals surface area contributed by atoms with E-state index >= 15 is 0 Å². The maximum atomic E-state index is 12.7. The highest BCUT2D eigenvalue weighted by molar-refractivity contribution is 5.83. The number of amides is 1. The molecule has 7 heteroatoms. The molecule has 0 aromatic rings. The number of carboxylic acid groups (broad SMARTS) is 1. The van der Waals surface area contributed by atoms with Crippen molar-refractivity contribution in [1.29, 1.82) is 0 Å². The highest BCUT2D eigenvalue weighted by Crippen LogP contribution is 2.16. The Labute approximate surface area is 332 Å². The van der Waals surface area contributed by atoms with E-state index in [1.54, 1.807) is 0 Å². The molecule has 2 unspecified atom stereocenters. The Morgan fingerprint density at radius 3 is 1.61 bits per heavy atom. The molecule has 312 valence electrons. The number of nitrogens with two attached hydrogens (primary N) is 1. The molecule has 0 aliphatic carbocycles. The highest BCUT2D eigenvalue weighted by Gasteiger charge is 2.19. The summed E-state index contributed by atoms with van der Waals surface area (Å²) < 4.78 is 5.89. The highest BCUT2D eigenvalue weighted by atomic mass is 16.5. The molecule has 0 spiro atoms. The first-order chi connectivity index (χ1) is 26.4. The lowest BCUT2D eigenvalue weighted by Gasteiger charge is -2.15. The third-order valence-electron chi connectivity index (χ3n) is 9.83. The maximum absolute atomic E-state index is 12.7. The van der Waals surface area contributed by atoms with E-state index in [-0.39, 0.29) is 18.0 Å². The zero-order valence-electron chi connectivity index (χ0n) is 35.1. The van der Waals surface area contributed by atoms with Crippen molar-refractivity contribution >= 4 is 17.8 Å². The Morgan fingerprint density at radius 2 is 1.06 bits per heavy atom. The second kappa shape index (κ2) is 41.5. The zero-order valence-corrected chi connectivity index (χ0v) is 35.1. The van der Waals surface area contributed by atoms with Crippen LogP contribution >= 0.6 is 0 Å². The van der Waals surface area contributed by atoms with Crippen molar-refractivity contribution in [1.82, 2.24) is 5.32 Å². The molecule has 0 fully saturated rings. The van der Waals surface area contributed by atoms with E-state index in [2.05, 4.69) is 61.7 Å². The lowest BCUT2D eigenvalue weighted by molar-refractivity contribution is -0.147. The SMILES string of the molecule is CCC/C=C\C/C=C\C(CCCCCCC(=O)NC(CCCN)C(=O)O)OC(=O)CCCCCCCCCCCCC/C=C\C/C=C\CCCCCCC. The van der Waals surface area contributed by atoms with Gasteiger partial charge in [-0.25, -0.2) is 4.79 Å². The summed E-state index contributed by atoms with van der Waals surface area (Å²) in [6.45, 7) is 4.83. The van der Waals surface area contributed by atoms with E-state index in [1.165, 1.54) is 103 Å². The fraction of sp³-hybridized carbons (Fsp3) is 0.766. The molecule has 54 heavy (non-hydrogen) atoms. The normalized spacial score (nSPS) is 13.1. The summed E-state index contributed by atoms with van der Waals surface area (Å²) in [6, 6.07) is -0.874. The summed E-state index contributed by atoms with van der Waals surface area (Å²) >= 11 is 0. The van der Waals surface area contributed by atoms with Gasteiger partial charge < -0.3 is 20.9 Å². The van der Waals surface area contributed by atoms with Gasteiger partial charge in [-0.2, -0.15) is 0 Å². The summed E-state index contributed by atoms with van der Waals surface area (Å²) in [5.41, 5.74) is 5.48. The number of unbranched alkanes of at least 4 members (excludes halogenated alkanes) is 20. The van der Waals surface area contributed by atoms with Gasteiger partial charge in [0.1, 0.15) is 12.1 Å². The van der Waals surface area contributed by atoms with Crippen molar-refractivity contribution in [2.24, 2.45) is 5.73 Å². The Bertz CT molecular complexity index is 989. The van der Waals surface area contributed by atoms with Crippen molar-refractivity contribution < 1.29 is 24.2 Å². The first-order valence-corrected chi connectivity index (χ1v) is 22.5. The van der Waals surface area contributed by atoms with Gasteiger partial charge in [0.15, 0.2) is 0 Å². The molecule has 7 nitrogen and oxygen atoms in total. The second-order valence-electron chi connectivity index (χ2n) is 15.1. The number of aliphatic carboxylic acids is 1. The molecule has 0 saturated carbocycles. The number of carbonyl (C=O) groups is 3. The summed E-state index contributed by atoms with van der Waals surface area (Å²) in [5.74, 6) is -1.36. The molecular formula is C47H84N2O5. The Morgan fingerprint density at radius 1 is 0.556 bits per heavy atom. The molecule has 0 bridgehead atoms. The fourth-order valence-corrected chi connectivity index (χ4v) is 6.44. The molecule has 0 saturated heterocycles. The number of hydrogen-bond acceptors (Lipinski definition) is 5. The predicted octanol–water partition coefficient (Wildman–Crippen LogP) is 12.8. The fourth-order valence-electron chi connectivity index (χ4n) is 6.44. The average Bonchev–Trinajstić information content (AvgIpc) is 3.16. The molecule has 0 rings (SSSR count). The van der Waals surface area contributed by atoms with Crippen LogP contribution in [0.5, 0.6) is 0 Å². The van der Waals surface area contributed by atoms with E-state index in [0.29, 0.717) is 38.6 Å². The van der Waals surface area contributed by atoms with Crippen LogP contribution in [-0.2, 0) is 19.1 Å². The zero-order chi connectivity index (χ0) is 39.6. The topological polar surface area (TPSA) is 119 Å². The summed E-state index contributed by atoms with van der Waals surface area (Å²) in [7, 11) is 0. The minimum Gasteiger partial charge on any atom is -0.480 e. The van der Waals surface area contributed by atoms with Crippen LogP contribution in [0.2, 0.25) is 0 Å². The number of carbonyl (C=O) groups excluding carboxylic acids is 2. The standard InChI is InChI=1S/C47H84N2O5/c1-3-5-7-9-11-12-13-14-15-16-17-18-19-20-21-22-23-24-25-26-27-29-35-41-46(51)54-43(37-32-28-10-8-6-4-2)38-33-30-31-34-40-45(50)49-44(47(52)53)39-36-42-48/h8,10,13-14,16-17,32,37,43-44H,3-7,9,11-12,15,18-31,33-36,38-42,48H2,1-2H3,(H,49,50)(H,52,53)/b10-8-,14-13-,17-16-,37-32-. The number of allylic oxidation sites excluding steroid dienone is 7. The van der Waals surface area contributed by atoms with Crippen molar-refractivity contribution in [2.75, 3.05) is 6.54 Å². The van der Waals surface area contributed by atoms with Gasteiger partial charge in [-0.3, -0.25) is 9.59 Å². The second-order valence-corrected chi connectivity index (χ2v) is 15.1. The van der Waals surface area contributed by atoms with Crippen LogP contribution in [0.15, 0.2) is 48.6 Å². The molecule has 0 aromatic heterocycles. The smallest absolute Gasteiger partial charge is 0.326 e. The van der Waals surface area contributed by atoms with Gasteiger partial charge in [0.25, 0.3) is 0 Å². The van der Waals surface area contributed by atoms with Gasteiger partial charge in [0, 0.05) is 12.8 Å². The van der Waals surface area contributed by atoms with Crippen LogP contribution in [0.4, 0.5) is 0 Å². The molecule has 0 aromatic carbocycles. The molecule has 1 amide bonds. The minimum absolute atomic E-state index is 0.110. The van der Waals surface area contributed by atoms with Crippen molar-refractivity contribution in [3.05, 3.63) is 48.6 Å². The van der Waals surface area contributed by atoms with Gasteiger partial charge in [0.05, 0.1) is 0 Å². The predicted molar refractivity (Wildman–Crippen MR) is 230 cm³/mol. The molecular weight excluding hydrogens is 673 g/mol. The van der Waals surface area contributed by atoms with Crippen molar-refractivity contribution in [2.45, 2.75) is 225 Å². The Kier molecular flexibility index (Phi) is 39.4. The number of hydrogen-bond donors (Lipinski definition) is 3. The van der Waals surface area contributed by atoms with E-state index < -0.39 is 12.0 Å². The van der Waals surface area contributed by atoms with E-state index in [4.69, 9.17) is 10.5 Å². The van der Waals surface area contributed by atoms with Gasteiger partial charge in [-0.1, -0.05) is 159 Å². The third-order valence-corrected chi connectivity index (χ3v) is 9.83. The molecule has 4 N–H and O–H groups in total. The van der Waals surface area contributed by atoms with Crippen LogP contribution in [0.25, 0.3) is 0 Å². The number of esters is 1. The van der Waals surface area contributed by atoms with Crippen LogP contribution in [0.1, 0.15) is 213 Å². The largest absolute Gasteiger partial charge is 0.480 e. The molecule has 0 aliphatic heterocycles. The van der Waals surface area contributed by atoms with Gasteiger partial charge in [-0.05, 0) is 96.1 Å². The van der Waals surface area contributed by atoms with Crippen LogP contribution in [0, 0.1) is 0 Å². The average molecular weight is 757 g/mol. The molecule has 0 radical (unpaired) electrons. The quantitative estimate of drug-likeness (QED) is 0.0325. The van der Waals surface area contributed by atoms with E-state index in [0.717, 1.165) is 64.2 Å². The van der Waals surface area contributed by atoms with Gasteiger partial charge in [-0.15, -0.1) is 0 Å². The number of carboxylic acids is 1. The van der Waals surface area contributed by atoms with E-state index in [1.807, 2.05) is 6.08 Å². The maximum Gasteiger partial charge on any atom is 0.326 e. The molecule has 0 heterocycles. The number of nitrogens with one attached hydrogen (secondary N) is 1. The lowest BCUT2D eigenvalue weighted by Crippen LogP contribution is -2.40. The third kappa shape index (κ3) is 37.6. The monoisotopic (exact) mass is 757 g/mol. The molecule has 2 atom stereocenters. The number of rotatable bonds is 40. The number of ether oxygens (including phenoxy) is 1. The molecule has 0 aliphatic rings. The van der Waals surface area contributed by atoms with Crippen molar-refractivity contribution in [3.63, 3.8) is 0 Å². The summed E-state index contributed by atoms with van der Waals surface area (Å²) in [4.78, 5) is 36.2. The summed E-state index contributed by atoms with van der Waals surface area (Å²) in [6.07, 6.45) is 50.6. The van der Waals surface area contributed by atoms with Crippen LogP contribution in [0.3, 0.4) is 0 Å². The first kappa shape index (κ1) is 51.3. The van der Waals surface area contributed by atoms with E-state index in [9.17, 15) is 19.5 Å². The Balaban J connectivity index is 4.03. The van der Waals surface area contributed by atoms with Crippen LogP contribution < -0.4 is 11.1 Å². The van der Waals surface area contributed by atoms with Gasteiger partial charge in [0.2, 0.25) is 5.91 Å². The van der Waals surface area contributed by atoms with Crippen LogP contribution in [-0.4, -0.2) is 41.6 Å². The minimum atomic E-state index is -1.02. The van der Waals surface area contributed by atoms with Gasteiger partial charge >= 0.3 is 11.9 Å². The Hall–Kier alpha value is -2.67.